The molecule has 1 nitrogen and oxygen atoms in total. The van der Waals surface area contributed by atoms with Gasteiger partial charge in [0.1, 0.15) is 0 Å². The minimum Gasteiger partial charge on any atom is -0.310 e. The van der Waals surface area contributed by atoms with Crippen LogP contribution in [-0.2, 0) is 0 Å². The Labute approximate surface area is 267 Å². The number of thiophene rings is 2. The maximum absolute atomic E-state index is 2.44. The maximum atomic E-state index is 2.44. The molecule has 0 amide bonds. The van der Waals surface area contributed by atoms with Gasteiger partial charge < -0.3 is 4.90 Å². The lowest BCUT2D eigenvalue weighted by Crippen LogP contribution is -2.09. The lowest BCUT2D eigenvalue weighted by molar-refractivity contribution is 1.30. The number of fused-ring (bicyclic) bond motifs is 12. The Morgan fingerprint density at radius 2 is 0.600 bits per heavy atom. The predicted octanol–water partition coefficient (Wildman–Crippen LogP) is 13.4. The van der Waals surface area contributed by atoms with E-state index in [0.717, 1.165) is 5.69 Å². The molecule has 0 radical (unpaired) electrons. The van der Waals surface area contributed by atoms with Crippen LogP contribution in [0, 0.1) is 0 Å². The van der Waals surface area contributed by atoms with Crippen molar-refractivity contribution < 1.29 is 0 Å². The summed E-state index contributed by atoms with van der Waals surface area (Å²) in [6, 6.07) is 56.1. The van der Waals surface area contributed by atoms with E-state index >= 15 is 0 Å². The molecule has 0 fully saturated rings. The molecule has 2 heterocycles. The summed E-state index contributed by atoms with van der Waals surface area (Å²) < 4.78 is 5.26. The summed E-state index contributed by atoms with van der Waals surface area (Å²) >= 11 is 3.74. The average Bonchev–Trinajstić information content (AvgIpc) is 3.66. The smallest absolute Gasteiger partial charge is 0.0476 e. The van der Waals surface area contributed by atoms with E-state index in [1.54, 1.807) is 0 Å². The van der Waals surface area contributed by atoms with Crippen LogP contribution in [0.25, 0.3) is 72.7 Å². The fourth-order valence-electron chi connectivity index (χ4n) is 7.19. The quantitative estimate of drug-likeness (QED) is 0.181. The first-order chi connectivity index (χ1) is 22.3. The minimum atomic E-state index is 1.16. The Kier molecular flexibility index (Phi) is 5.39. The average molecular weight is 608 g/mol. The summed E-state index contributed by atoms with van der Waals surface area (Å²) in [5.74, 6) is 0. The first-order valence-corrected chi connectivity index (χ1v) is 16.9. The largest absolute Gasteiger partial charge is 0.310 e. The number of nitrogens with zero attached hydrogens (tertiary/aromatic N) is 1. The molecule has 10 aromatic rings. The summed E-state index contributed by atoms with van der Waals surface area (Å²) in [5.41, 5.74) is 3.49. The molecular formula is C42H25NS2. The highest BCUT2D eigenvalue weighted by Gasteiger charge is 2.18. The summed E-state index contributed by atoms with van der Waals surface area (Å²) in [6.07, 6.45) is 0. The van der Waals surface area contributed by atoms with Crippen LogP contribution in [0.15, 0.2) is 152 Å². The molecule has 0 saturated heterocycles. The molecule has 210 valence electrons. The summed E-state index contributed by atoms with van der Waals surface area (Å²) in [4.78, 5) is 2.44. The topological polar surface area (TPSA) is 3.24 Å². The van der Waals surface area contributed by atoms with Gasteiger partial charge in [-0.15, -0.1) is 22.7 Å². The van der Waals surface area contributed by atoms with Gasteiger partial charge in [0, 0.05) is 57.4 Å². The van der Waals surface area contributed by atoms with E-state index in [-0.39, 0.29) is 0 Å². The van der Waals surface area contributed by atoms with Gasteiger partial charge in [-0.25, -0.2) is 0 Å². The van der Waals surface area contributed by atoms with Crippen molar-refractivity contribution in [2.75, 3.05) is 4.90 Å². The molecule has 0 aliphatic heterocycles. The number of benzene rings is 8. The molecule has 0 atom stereocenters. The minimum absolute atomic E-state index is 1.16. The van der Waals surface area contributed by atoms with E-state index in [2.05, 4.69) is 157 Å². The van der Waals surface area contributed by atoms with Gasteiger partial charge in [0.25, 0.3) is 0 Å². The molecule has 8 aromatic carbocycles. The molecule has 0 aliphatic carbocycles. The van der Waals surface area contributed by atoms with Crippen molar-refractivity contribution in [3.63, 3.8) is 0 Å². The van der Waals surface area contributed by atoms with Gasteiger partial charge in [-0.05, 0) is 80.8 Å². The fraction of sp³-hybridized carbons (Fsp3) is 0. The molecule has 10 rings (SSSR count). The highest BCUT2D eigenvalue weighted by Crippen LogP contribution is 2.45. The predicted molar refractivity (Wildman–Crippen MR) is 199 cm³/mol. The van der Waals surface area contributed by atoms with E-state index in [0.29, 0.717) is 0 Å². The molecular weight excluding hydrogens is 583 g/mol. The standard InChI is InChI=1S/C42H25NS2/c1-2-11-31-29(9-1)30-10-3-4-12-32(30)38-23-26(17-20-33(31)38)43(27-18-21-36-34-13-5-7-15-39(34)44-41(36)24-27)28-19-22-37-35-14-6-8-16-40(35)45-42(37)25-28/h1-25H. The summed E-state index contributed by atoms with van der Waals surface area (Å²) in [6.45, 7) is 0. The second-order valence-electron chi connectivity index (χ2n) is 11.7. The van der Waals surface area contributed by atoms with Crippen LogP contribution in [0.3, 0.4) is 0 Å². The SMILES string of the molecule is c1ccc2c(c1)sc1cc(N(c3ccc4c(c3)sc3ccccc34)c3ccc4c5ccccc5c5ccccc5c4c3)ccc12. The van der Waals surface area contributed by atoms with E-state index in [9.17, 15) is 0 Å². The third-order valence-electron chi connectivity index (χ3n) is 9.23. The van der Waals surface area contributed by atoms with Gasteiger partial charge >= 0.3 is 0 Å². The van der Waals surface area contributed by atoms with Crippen LogP contribution in [0.1, 0.15) is 0 Å². The van der Waals surface area contributed by atoms with Crippen molar-refractivity contribution in [3.8, 4) is 0 Å². The number of hydrogen-bond acceptors (Lipinski definition) is 3. The Bertz CT molecular complexity index is 2630. The molecule has 0 N–H and O–H groups in total. The van der Waals surface area contributed by atoms with Gasteiger partial charge in [0.05, 0.1) is 0 Å². The third kappa shape index (κ3) is 3.78. The van der Waals surface area contributed by atoms with Crippen molar-refractivity contribution in [1.29, 1.82) is 0 Å². The van der Waals surface area contributed by atoms with Gasteiger partial charge in [0.2, 0.25) is 0 Å². The second kappa shape index (κ2) is 9.64. The maximum Gasteiger partial charge on any atom is 0.0476 e. The normalized spacial score (nSPS) is 12.0. The molecule has 3 heteroatoms. The Morgan fingerprint density at radius 1 is 0.267 bits per heavy atom. The van der Waals surface area contributed by atoms with Crippen molar-refractivity contribution >= 4 is 112 Å². The number of rotatable bonds is 3. The number of hydrogen-bond donors (Lipinski definition) is 0. The van der Waals surface area contributed by atoms with Crippen LogP contribution < -0.4 is 4.90 Å². The van der Waals surface area contributed by atoms with Gasteiger partial charge in [-0.1, -0.05) is 103 Å². The Balaban J connectivity index is 1.25. The highest BCUT2D eigenvalue weighted by molar-refractivity contribution is 7.26. The summed E-state index contributed by atoms with van der Waals surface area (Å²) in [5, 5.41) is 13.0. The Hall–Kier alpha value is -5.22. The first kappa shape index (κ1) is 25.1. The summed E-state index contributed by atoms with van der Waals surface area (Å²) in [7, 11) is 0. The molecule has 0 bridgehead atoms. The lowest BCUT2D eigenvalue weighted by atomic mass is 9.94. The van der Waals surface area contributed by atoms with Gasteiger partial charge in [-0.3, -0.25) is 0 Å². The fourth-order valence-corrected chi connectivity index (χ4v) is 9.47. The van der Waals surface area contributed by atoms with E-state index in [1.165, 1.54) is 84.0 Å². The van der Waals surface area contributed by atoms with E-state index in [1.807, 2.05) is 22.7 Å². The monoisotopic (exact) mass is 607 g/mol. The Morgan fingerprint density at radius 3 is 1.09 bits per heavy atom. The van der Waals surface area contributed by atoms with Gasteiger partial charge in [0.15, 0.2) is 0 Å². The molecule has 0 aliphatic rings. The van der Waals surface area contributed by atoms with Crippen LogP contribution in [0.4, 0.5) is 17.1 Å². The zero-order valence-corrected chi connectivity index (χ0v) is 25.8. The lowest BCUT2D eigenvalue weighted by Gasteiger charge is -2.26. The zero-order chi connectivity index (χ0) is 29.5. The van der Waals surface area contributed by atoms with Crippen molar-refractivity contribution in [1.82, 2.24) is 0 Å². The van der Waals surface area contributed by atoms with Crippen LogP contribution >= 0.6 is 22.7 Å². The molecule has 45 heavy (non-hydrogen) atoms. The van der Waals surface area contributed by atoms with E-state index in [4.69, 9.17) is 0 Å². The first-order valence-electron chi connectivity index (χ1n) is 15.3. The van der Waals surface area contributed by atoms with Crippen molar-refractivity contribution in [2.45, 2.75) is 0 Å². The third-order valence-corrected chi connectivity index (χ3v) is 11.5. The molecule has 0 spiro atoms. The van der Waals surface area contributed by atoms with Crippen LogP contribution in [0.5, 0.6) is 0 Å². The van der Waals surface area contributed by atoms with Crippen molar-refractivity contribution in [3.05, 3.63) is 152 Å². The van der Waals surface area contributed by atoms with Crippen LogP contribution in [0.2, 0.25) is 0 Å². The number of anilines is 3. The highest BCUT2D eigenvalue weighted by atomic mass is 32.1. The second-order valence-corrected chi connectivity index (χ2v) is 13.9. The molecule has 2 aromatic heterocycles. The van der Waals surface area contributed by atoms with Crippen LogP contribution in [-0.4, -0.2) is 0 Å². The zero-order valence-electron chi connectivity index (χ0n) is 24.2. The molecule has 0 saturated carbocycles. The van der Waals surface area contributed by atoms with Crippen molar-refractivity contribution in [2.24, 2.45) is 0 Å². The van der Waals surface area contributed by atoms with E-state index < -0.39 is 0 Å². The molecule has 0 unspecified atom stereocenters. The van der Waals surface area contributed by atoms with Gasteiger partial charge in [-0.2, -0.15) is 0 Å².